The number of halogens is 3. The van der Waals surface area contributed by atoms with E-state index < -0.39 is 29.6 Å². The van der Waals surface area contributed by atoms with Gasteiger partial charge >= 0.3 is 12.1 Å². The highest BCUT2D eigenvalue weighted by Gasteiger charge is 2.62. The van der Waals surface area contributed by atoms with Crippen LogP contribution in [0.15, 0.2) is 0 Å². The van der Waals surface area contributed by atoms with Gasteiger partial charge in [-0.05, 0) is 20.8 Å². The quantitative estimate of drug-likeness (QED) is 0.817. The molecule has 0 aromatic carbocycles. The van der Waals surface area contributed by atoms with Gasteiger partial charge < -0.3 is 10.0 Å². The summed E-state index contributed by atoms with van der Waals surface area (Å²) in [4.78, 5) is 22.3. The Bertz CT molecular complexity index is 301. The van der Waals surface area contributed by atoms with Gasteiger partial charge in [0.25, 0.3) is 0 Å². The van der Waals surface area contributed by atoms with Crippen molar-refractivity contribution in [1.82, 2.24) is 4.90 Å². The minimum Gasteiger partial charge on any atom is -0.479 e. The molecule has 0 bridgehead atoms. The van der Waals surface area contributed by atoms with Crippen LogP contribution in [0.4, 0.5) is 13.2 Å². The fourth-order valence-electron chi connectivity index (χ4n) is 1.56. The van der Waals surface area contributed by atoms with Crippen LogP contribution in [0.1, 0.15) is 27.7 Å². The van der Waals surface area contributed by atoms with E-state index in [0.29, 0.717) is 11.8 Å². The largest absolute Gasteiger partial charge is 0.479 e. The third kappa shape index (κ3) is 2.28. The normalized spacial score (nSPS) is 15.8. The summed E-state index contributed by atoms with van der Waals surface area (Å²) in [5.41, 5.74) is -3.20. The number of hydrogen-bond donors (Lipinski definition) is 1. The summed E-state index contributed by atoms with van der Waals surface area (Å²) in [5, 5.41) is 8.72. The van der Waals surface area contributed by atoms with Gasteiger partial charge in [0.05, 0.1) is 0 Å². The van der Waals surface area contributed by atoms with Gasteiger partial charge in [-0.2, -0.15) is 13.2 Å². The Balaban J connectivity index is 5.68. The van der Waals surface area contributed by atoms with E-state index in [2.05, 4.69) is 0 Å². The lowest BCUT2D eigenvalue weighted by molar-refractivity contribution is -0.235. The molecule has 0 aromatic rings. The van der Waals surface area contributed by atoms with E-state index in [1.165, 1.54) is 13.8 Å². The number of alkyl halides is 3. The van der Waals surface area contributed by atoms with Gasteiger partial charge in [-0.15, -0.1) is 0 Å². The van der Waals surface area contributed by atoms with Crippen molar-refractivity contribution in [2.45, 2.75) is 45.5 Å². The summed E-state index contributed by atoms with van der Waals surface area (Å²) in [6, 6.07) is -0.861. The molecule has 1 atom stereocenters. The summed E-state index contributed by atoms with van der Waals surface area (Å²) in [7, 11) is 0. The van der Waals surface area contributed by atoms with Crippen LogP contribution in [-0.2, 0) is 9.59 Å². The highest BCUT2D eigenvalue weighted by molar-refractivity contribution is 5.86. The molecule has 0 radical (unpaired) electrons. The molecule has 0 aromatic heterocycles. The Morgan fingerprint density at radius 2 is 1.62 bits per heavy atom. The van der Waals surface area contributed by atoms with E-state index in [4.69, 9.17) is 5.11 Å². The Morgan fingerprint density at radius 1 is 1.25 bits per heavy atom. The molecule has 1 unspecified atom stereocenters. The molecule has 0 saturated carbocycles. The lowest BCUT2D eigenvalue weighted by Gasteiger charge is -2.41. The summed E-state index contributed by atoms with van der Waals surface area (Å²) in [6.45, 7) is 4.05. The first-order valence-corrected chi connectivity index (χ1v) is 4.56. The second kappa shape index (κ2) is 4.31. The Hall–Kier alpha value is -1.27. The molecule has 0 rings (SSSR count). The van der Waals surface area contributed by atoms with Crippen LogP contribution in [0.25, 0.3) is 0 Å². The standard InChI is InChI=1S/C9H14F3NO3/c1-5(2)13(6(3)14)8(4,7(15)16)9(10,11)12/h5H,1-4H3,(H,15,16). The van der Waals surface area contributed by atoms with Crippen LogP contribution in [0, 0.1) is 0 Å². The molecule has 7 heteroatoms. The van der Waals surface area contributed by atoms with Crippen molar-refractivity contribution < 1.29 is 27.9 Å². The highest BCUT2D eigenvalue weighted by atomic mass is 19.4. The molecule has 94 valence electrons. The molecule has 0 aliphatic rings. The second-order valence-corrected chi connectivity index (χ2v) is 3.86. The summed E-state index contributed by atoms with van der Waals surface area (Å²) >= 11 is 0. The summed E-state index contributed by atoms with van der Waals surface area (Å²) in [5.74, 6) is -3.03. The molecule has 0 aliphatic heterocycles. The van der Waals surface area contributed by atoms with Gasteiger partial charge in [-0.1, -0.05) is 0 Å². The fraction of sp³-hybridized carbons (Fsp3) is 0.778. The Morgan fingerprint density at radius 3 is 1.69 bits per heavy atom. The SMILES string of the molecule is CC(=O)N(C(C)C)C(C)(C(=O)O)C(F)(F)F. The molecule has 0 heterocycles. The van der Waals surface area contributed by atoms with Crippen molar-refractivity contribution >= 4 is 11.9 Å². The third-order valence-corrected chi connectivity index (χ3v) is 2.31. The van der Waals surface area contributed by atoms with Crippen LogP contribution in [0.3, 0.4) is 0 Å². The van der Waals surface area contributed by atoms with Crippen LogP contribution in [0.5, 0.6) is 0 Å². The van der Waals surface area contributed by atoms with Gasteiger partial charge in [0, 0.05) is 13.0 Å². The second-order valence-electron chi connectivity index (χ2n) is 3.86. The molecule has 1 N–H and O–H groups in total. The lowest BCUT2D eigenvalue weighted by Crippen LogP contribution is -2.65. The Labute approximate surface area is 91.0 Å². The van der Waals surface area contributed by atoms with E-state index >= 15 is 0 Å². The zero-order chi connectivity index (χ0) is 13.3. The van der Waals surface area contributed by atoms with Crippen molar-refractivity contribution in [3.05, 3.63) is 0 Å². The average molecular weight is 241 g/mol. The van der Waals surface area contributed by atoms with Crippen LogP contribution in [-0.4, -0.2) is 39.6 Å². The first-order chi connectivity index (χ1) is 6.96. The van der Waals surface area contributed by atoms with Crippen molar-refractivity contribution in [2.75, 3.05) is 0 Å². The molecule has 0 saturated heterocycles. The minimum atomic E-state index is -5.03. The number of rotatable bonds is 3. The highest BCUT2D eigenvalue weighted by Crippen LogP contribution is 2.36. The maximum absolute atomic E-state index is 12.8. The number of amides is 1. The van der Waals surface area contributed by atoms with Gasteiger partial charge in [0.15, 0.2) is 0 Å². The molecule has 0 fully saturated rings. The molecule has 0 aliphatic carbocycles. The molecule has 1 amide bonds. The molecular formula is C9H14F3NO3. The van der Waals surface area contributed by atoms with E-state index in [9.17, 15) is 22.8 Å². The smallest absolute Gasteiger partial charge is 0.422 e. The van der Waals surface area contributed by atoms with E-state index in [1.54, 1.807) is 0 Å². The van der Waals surface area contributed by atoms with Gasteiger partial charge in [-0.25, -0.2) is 4.79 Å². The number of carboxylic acids is 1. The van der Waals surface area contributed by atoms with Crippen molar-refractivity contribution in [3.8, 4) is 0 Å². The molecular weight excluding hydrogens is 227 g/mol. The first-order valence-electron chi connectivity index (χ1n) is 4.56. The zero-order valence-corrected chi connectivity index (χ0v) is 9.42. The topological polar surface area (TPSA) is 57.6 Å². The van der Waals surface area contributed by atoms with Gasteiger partial charge in [0.2, 0.25) is 11.4 Å². The van der Waals surface area contributed by atoms with Gasteiger partial charge in [-0.3, -0.25) is 4.79 Å². The number of hydrogen-bond acceptors (Lipinski definition) is 2. The number of carboxylic acid groups (broad SMARTS) is 1. The molecule has 4 nitrogen and oxygen atoms in total. The predicted octanol–water partition coefficient (Wildman–Crippen LogP) is 1.65. The summed E-state index contributed by atoms with van der Waals surface area (Å²) < 4.78 is 38.3. The lowest BCUT2D eigenvalue weighted by atomic mass is 9.97. The Kier molecular flexibility index (Phi) is 3.96. The van der Waals surface area contributed by atoms with E-state index in [-0.39, 0.29) is 0 Å². The van der Waals surface area contributed by atoms with Crippen LogP contribution < -0.4 is 0 Å². The first kappa shape index (κ1) is 14.7. The monoisotopic (exact) mass is 241 g/mol. The minimum absolute atomic E-state index is 0.315. The predicted molar refractivity (Wildman–Crippen MR) is 49.8 cm³/mol. The fourth-order valence-corrected chi connectivity index (χ4v) is 1.56. The van der Waals surface area contributed by atoms with Crippen molar-refractivity contribution in [1.29, 1.82) is 0 Å². The van der Waals surface area contributed by atoms with Crippen molar-refractivity contribution in [3.63, 3.8) is 0 Å². The third-order valence-electron chi connectivity index (χ3n) is 2.31. The van der Waals surface area contributed by atoms with E-state index in [0.717, 1.165) is 6.92 Å². The molecule has 16 heavy (non-hydrogen) atoms. The zero-order valence-electron chi connectivity index (χ0n) is 9.42. The summed E-state index contributed by atoms with van der Waals surface area (Å²) in [6.07, 6.45) is -5.03. The number of carbonyl (C=O) groups is 2. The molecule has 0 spiro atoms. The van der Waals surface area contributed by atoms with E-state index in [1.807, 2.05) is 0 Å². The maximum Gasteiger partial charge on any atom is 0.422 e. The number of nitrogens with zero attached hydrogens (tertiary/aromatic N) is 1. The van der Waals surface area contributed by atoms with Gasteiger partial charge in [0.1, 0.15) is 0 Å². The van der Waals surface area contributed by atoms with Crippen LogP contribution >= 0.6 is 0 Å². The van der Waals surface area contributed by atoms with Crippen LogP contribution in [0.2, 0.25) is 0 Å². The number of aliphatic carboxylic acids is 1. The number of carbonyl (C=O) groups excluding carboxylic acids is 1. The van der Waals surface area contributed by atoms with Crippen molar-refractivity contribution in [2.24, 2.45) is 0 Å². The maximum atomic E-state index is 12.8. The average Bonchev–Trinajstić information content (AvgIpc) is 1.99.